The molecule has 1 amide bonds. The van der Waals surface area contributed by atoms with Crippen LogP contribution in [0.4, 0.5) is 5.69 Å². The van der Waals surface area contributed by atoms with Crippen molar-refractivity contribution >= 4 is 21.6 Å². The Morgan fingerprint density at radius 3 is 2.48 bits per heavy atom. The minimum atomic E-state index is -3.63. The van der Waals surface area contributed by atoms with Crippen LogP contribution < -0.4 is 5.32 Å². The second-order valence-corrected chi connectivity index (χ2v) is 10.4. The van der Waals surface area contributed by atoms with E-state index in [1.807, 2.05) is 6.07 Å². The van der Waals surface area contributed by atoms with Crippen molar-refractivity contribution in [2.24, 2.45) is 5.92 Å². The van der Waals surface area contributed by atoms with Gasteiger partial charge in [0.1, 0.15) is 5.75 Å². The number of aromatic hydroxyl groups is 1. The fraction of sp³-hybridized carbons (Fsp3) is 0.409. The van der Waals surface area contributed by atoms with Crippen LogP contribution >= 0.6 is 0 Å². The predicted molar refractivity (Wildman–Crippen MR) is 113 cm³/mol. The monoisotopic (exact) mass is 416 g/mol. The molecule has 3 rings (SSSR count). The summed E-state index contributed by atoms with van der Waals surface area (Å²) in [6, 6.07) is 13.4. The van der Waals surface area contributed by atoms with Crippen molar-refractivity contribution in [1.82, 2.24) is 4.31 Å². The SMILES string of the molecule is CC(C)(C)c1ccc(O)c(NC(=O)C2CCCN(S(=O)(=O)c3ccccc3)C2)c1. The summed E-state index contributed by atoms with van der Waals surface area (Å²) in [5.41, 5.74) is 1.21. The van der Waals surface area contributed by atoms with Gasteiger partial charge in [-0.2, -0.15) is 4.31 Å². The van der Waals surface area contributed by atoms with Gasteiger partial charge in [0.25, 0.3) is 0 Å². The molecule has 0 saturated carbocycles. The number of hydrogen-bond acceptors (Lipinski definition) is 4. The van der Waals surface area contributed by atoms with Gasteiger partial charge in [-0.3, -0.25) is 4.79 Å². The van der Waals surface area contributed by atoms with Crippen molar-refractivity contribution in [3.63, 3.8) is 0 Å². The molecule has 1 atom stereocenters. The molecular formula is C22H28N2O4S. The van der Waals surface area contributed by atoms with E-state index >= 15 is 0 Å². The van der Waals surface area contributed by atoms with Gasteiger partial charge in [0.05, 0.1) is 16.5 Å². The second kappa shape index (κ2) is 8.16. The maximum Gasteiger partial charge on any atom is 0.243 e. The van der Waals surface area contributed by atoms with Crippen LogP contribution in [-0.2, 0) is 20.2 Å². The molecule has 1 aliphatic rings. The lowest BCUT2D eigenvalue weighted by Crippen LogP contribution is -2.43. The maximum atomic E-state index is 12.9. The molecule has 2 N–H and O–H groups in total. The number of amides is 1. The standard InChI is InChI=1S/C22H28N2O4S/c1-22(2,3)17-11-12-20(25)19(14-17)23-21(26)16-8-7-13-24(15-16)29(27,28)18-9-5-4-6-10-18/h4-6,9-12,14,16,25H,7-8,13,15H2,1-3H3,(H,23,26). The van der Waals surface area contributed by atoms with Crippen LogP contribution in [-0.4, -0.2) is 36.8 Å². The minimum absolute atomic E-state index is 0.00378. The van der Waals surface area contributed by atoms with Gasteiger partial charge in [-0.15, -0.1) is 0 Å². The van der Waals surface area contributed by atoms with Crippen molar-refractivity contribution in [2.45, 2.75) is 43.9 Å². The average molecular weight is 417 g/mol. The molecule has 1 aliphatic heterocycles. The Morgan fingerprint density at radius 1 is 1.14 bits per heavy atom. The Kier molecular flexibility index (Phi) is 6.00. The molecule has 7 heteroatoms. The topological polar surface area (TPSA) is 86.7 Å². The van der Waals surface area contributed by atoms with Gasteiger partial charge < -0.3 is 10.4 Å². The fourth-order valence-corrected chi connectivity index (χ4v) is 5.00. The summed E-state index contributed by atoms with van der Waals surface area (Å²) in [5, 5.41) is 13.0. The molecule has 1 saturated heterocycles. The van der Waals surface area contributed by atoms with Crippen LogP contribution in [0.3, 0.4) is 0 Å². The maximum absolute atomic E-state index is 12.9. The van der Waals surface area contributed by atoms with Crippen molar-refractivity contribution < 1.29 is 18.3 Å². The molecule has 0 aliphatic carbocycles. The van der Waals surface area contributed by atoms with Gasteiger partial charge in [0, 0.05) is 13.1 Å². The highest BCUT2D eigenvalue weighted by Gasteiger charge is 2.33. The molecular weight excluding hydrogens is 388 g/mol. The third-order valence-corrected chi connectivity index (χ3v) is 7.14. The van der Waals surface area contributed by atoms with Crippen molar-refractivity contribution in [2.75, 3.05) is 18.4 Å². The summed E-state index contributed by atoms with van der Waals surface area (Å²) in [4.78, 5) is 13.1. The number of phenols is 1. The summed E-state index contributed by atoms with van der Waals surface area (Å²) < 4.78 is 27.1. The van der Waals surface area contributed by atoms with E-state index in [2.05, 4.69) is 26.1 Å². The Hall–Kier alpha value is -2.38. The van der Waals surface area contributed by atoms with E-state index in [1.54, 1.807) is 42.5 Å². The number of nitrogens with one attached hydrogen (secondary N) is 1. The molecule has 6 nitrogen and oxygen atoms in total. The number of benzene rings is 2. The summed E-state index contributed by atoms with van der Waals surface area (Å²) >= 11 is 0. The van der Waals surface area contributed by atoms with Gasteiger partial charge in [0.2, 0.25) is 15.9 Å². The van der Waals surface area contributed by atoms with Crippen molar-refractivity contribution in [1.29, 1.82) is 0 Å². The zero-order chi connectivity index (χ0) is 21.2. The first kappa shape index (κ1) is 21.3. The van der Waals surface area contributed by atoms with Crippen LogP contribution in [0.5, 0.6) is 5.75 Å². The largest absolute Gasteiger partial charge is 0.506 e. The zero-order valence-corrected chi connectivity index (χ0v) is 17.9. The fourth-order valence-electron chi connectivity index (χ4n) is 3.45. The number of rotatable bonds is 4. The van der Waals surface area contributed by atoms with Crippen molar-refractivity contribution in [3.8, 4) is 5.75 Å². The molecule has 1 heterocycles. The number of sulfonamides is 1. The first-order valence-corrected chi connectivity index (χ1v) is 11.2. The zero-order valence-electron chi connectivity index (χ0n) is 17.1. The van der Waals surface area contributed by atoms with Gasteiger partial charge >= 0.3 is 0 Å². The summed E-state index contributed by atoms with van der Waals surface area (Å²) in [6.45, 7) is 6.68. The average Bonchev–Trinajstić information content (AvgIpc) is 2.69. The van der Waals surface area contributed by atoms with E-state index in [0.29, 0.717) is 25.1 Å². The lowest BCUT2D eigenvalue weighted by molar-refractivity contribution is -0.120. The third-order valence-electron chi connectivity index (χ3n) is 5.26. The molecule has 0 radical (unpaired) electrons. The summed E-state index contributed by atoms with van der Waals surface area (Å²) in [7, 11) is -3.63. The first-order chi connectivity index (χ1) is 13.6. The highest BCUT2D eigenvalue weighted by atomic mass is 32.2. The van der Waals surface area contributed by atoms with E-state index in [0.717, 1.165) is 5.56 Å². The molecule has 2 aromatic carbocycles. The van der Waals surface area contributed by atoms with E-state index in [9.17, 15) is 18.3 Å². The van der Waals surface area contributed by atoms with Crippen LogP contribution in [0.25, 0.3) is 0 Å². The molecule has 0 spiro atoms. The number of anilines is 1. The quantitative estimate of drug-likeness (QED) is 0.744. The Balaban J connectivity index is 1.76. The highest BCUT2D eigenvalue weighted by Crippen LogP contribution is 2.32. The van der Waals surface area contributed by atoms with Crippen LogP contribution in [0.2, 0.25) is 0 Å². The molecule has 1 fully saturated rings. The molecule has 0 bridgehead atoms. The summed E-state index contributed by atoms with van der Waals surface area (Å²) in [5.74, 6) is -0.754. The minimum Gasteiger partial charge on any atom is -0.506 e. The first-order valence-electron chi connectivity index (χ1n) is 9.78. The number of piperidine rings is 1. The van der Waals surface area contributed by atoms with Gasteiger partial charge in [0.15, 0.2) is 0 Å². The van der Waals surface area contributed by atoms with Crippen LogP contribution in [0, 0.1) is 5.92 Å². The molecule has 156 valence electrons. The van der Waals surface area contributed by atoms with E-state index in [-0.39, 0.29) is 28.5 Å². The van der Waals surface area contributed by atoms with Gasteiger partial charge in [-0.25, -0.2) is 8.42 Å². The van der Waals surface area contributed by atoms with E-state index in [1.165, 1.54) is 4.31 Å². The number of nitrogens with zero attached hydrogens (tertiary/aromatic N) is 1. The van der Waals surface area contributed by atoms with E-state index < -0.39 is 15.9 Å². The molecule has 1 unspecified atom stereocenters. The number of carbonyl (C=O) groups is 1. The summed E-state index contributed by atoms with van der Waals surface area (Å²) in [6.07, 6.45) is 1.21. The lowest BCUT2D eigenvalue weighted by atomic mass is 9.86. The lowest BCUT2D eigenvalue weighted by Gasteiger charge is -2.31. The molecule has 29 heavy (non-hydrogen) atoms. The van der Waals surface area contributed by atoms with Crippen molar-refractivity contribution in [3.05, 3.63) is 54.1 Å². The third kappa shape index (κ3) is 4.79. The van der Waals surface area contributed by atoms with Gasteiger partial charge in [-0.1, -0.05) is 45.0 Å². The highest BCUT2D eigenvalue weighted by molar-refractivity contribution is 7.89. The molecule has 0 aromatic heterocycles. The van der Waals surface area contributed by atoms with E-state index in [4.69, 9.17) is 0 Å². The predicted octanol–water partition coefficient (Wildman–Crippen LogP) is 3.73. The number of phenolic OH excluding ortho intramolecular Hbond substituents is 1. The molecule has 2 aromatic rings. The van der Waals surface area contributed by atoms with Crippen LogP contribution in [0.1, 0.15) is 39.2 Å². The Morgan fingerprint density at radius 2 is 1.83 bits per heavy atom. The Bertz CT molecular complexity index is 982. The second-order valence-electron chi connectivity index (χ2n) is 8.49. The smallest absolute Gasteiger partial charge is 0.243 e. The van der Waals surface area contributed by atoms with Crippen LogP contribution in [0.15, 0.2) is 53.4 Å². The normalized spacial score (nSPS) is 18.4. The number of carbonyl (C=O) groups excluding carboxylic acids is 1. The van der Waals surface area contributed by atoms with Gasteiger partial charge in [-0.05, 0) is 48.1 Å². The Labute approximate surface area is 172 Å². The number of hydrogen-bond donors (Lipinski definition) is 2.